The van der Waals surface area contributed by atoms with Crippen LogP contribution in [0.1, 0.15) is 18.5 Å². The second-order valence-corrected chi connectivity index (χ2v) is 4.75. The van der Waals surface area contributed by atoms with Crippen LogP contribution in [0.4, 0.5) is 0 Å². The van der Waals surface area contributed by atoms with Crippen LogP contribution < -0.4 is 0 Å². The lowest BCUT2D eigenvalue weighted by atomic mass is 10.3. The quantitative estimate of drug-likeness (QED) is 0.832. The number of aliphatic hydroxyl groups is 1. The van der Waals surface area contributed by atoms with Crippen molar-refractivity contribution in [1.82, 2.24) is 9.55 Å². The van der Waals surface area contributed by atoms with Crippen molar-refractivity contribution in [3.63, 3.8) is 0 Å². The smallest absolute Gasteiger partial charge is 0.153 e. The predicted molar refractivity (Wildman–Crippen MR) is 63.4 cm³/mol. The lowest BCUT2D eigenvalue weighted by molar-refractivity contribution is 0.270. The molecule has 0 atom stereocenters. The Morgan fingerprint density at radius 2 is 2.31 bits per heavy atom. The minimum atomic E-state index is 0.0533. The molecule has 0 aliphatic heterocycles. The molecule has 3 nitrogen and oxygen atoms in total. The maximum absolute atomic E-state index is 9.36. The number of pyridine rings is 1. The van der Waals surface area contributed by atoms with Crippen LogP contribution in [-0.2, 0) is 13.2 Å². The largest absolute Gasteiger partial charge is 0.390 e. The molecular formula is C12H13ClN2O. The van der Waals surface area contributed by atoms with Gasteiger partial charge in [0.15, 0.2) is 5.15 Å². The zero-order valence-electron chi connectivity index (χ0n) is 8.86. The third-order valence-electron chi connectivity index (χ3n) is 3.15. The second kappa shape index (κ2) is 3.75. The highest BCUT2D eigenvalue weighted by Gasteiger charge is 2.24. The van der Waals surface area contributed by atoms with Gasteiger partial charge in [0.1, 0.15) is 0 Å². The van der Waals surface area contributed by atoms with Crippen LogP contribution in [0.15, 0.2) is 18.3 Å². The monoisotopic (exact) mass is 236 g/mol. The van der Waals surface area contributed by atoms with E-state index < -0.39 is 0 Å². The minimum Gasteiger partial charge on any atom is -0.390 e. The van der Waals surface area contributed by atoms with E-state index in [2.05, 4.69) is 9.55 Å². The molecule has 0 unspecified atom stereocenters. The van der Waals surface area contributed by atoms with Gasteiger partial charge in [-0.1, -0.05) is 11.6 Å². The molecule has 0 amide bonds. The summed E-state index contributed by atoms with van der Waals surface area (Å²) in [6, 6.07) is 3.93. The average molecular weight is 237 g/mol. The van der Waals surface area contributed by atoms with Crippen LogP contribution in [0.25, 0.3) is 10.9 Å². The number of fused-ring (bicyclic) bond motifs is 1. The van der Waals surface area contributed by atoms with Gasteiger partial charge >= 0.3 is 0 Å². The Labute approximate surface area is 98.7 Å². The highest BCUT2D eigenvalue weighted by molar-refractivity contribution is 6.33. The van der Waals surface area contributed by atoms with Crippen LogP contribution in [0.3, 0.4) is 0 Å². The van der Waals surface area contributed by atoms with E-state index in [1.807, 2.05) is 12.1 Å². The van der Waals surface area contributed by atoms with Crippen molar-refractivity contribution in [2.24, 2.45) is 5.92 Å². The van der Waals surface area contributed by atoms with E-state index in [4.69, 9.17) is 11.6 Å². The molecule has 1 aliphatic rings. The Morgan fingerprint density at radius 3 is 3.00 bits per heavy atom. The first-order chi connectivity index (χ1) is 7.79. The first-order valence-electron chi connectivity index (χ1n) is 5.53. The molecule has 1 fully saturated rings. The number of aliphatic hydroxyl groups excluding tert-OH is 1. The van der Waals surface area contributed by atoms with Gasteiger partial charge in [-0.05, 0) is 30.9 Å². The maximum atomic E-state index is 9.36. The van der Waals surface area contributed by atoms with E-state index in [9.17, 15) is 5.11 Å². The molecule has 3 rings (SSSR count). The van der Waals surface area contributed by atoms with E-state index in [0.717, 1.165) is 29.1 Å². The Kier molecular flexibility index (Phi) is 2.37. The Morgan fingerprint density at radius 1 is 1.50 bits per heavy atom. The fourth-order valence-electron chi connectivity index (χ4n) is 2.13. The fraction of sp³-hybridized carbons (Fsp3) is 0.417. The van der Waals surface area contributed by atoms with Crippen LogP contribution >= 0.6 is 11.6 Å². The molecule has 16 heavy (non-hydrogen) atoms. The second-order valence-electron chi connectivity index (χ2n) is 4.39. The molecule has 1 aliphatic carbocycles. The Hall–Kier alpha value is -1.06. The topological polar surface area (TPSA) is 38.1 Å². The van der Waals surface area contributed by atoms with Gasteiger partial charge < -0.3 is 9.67 Å². The van der Waals surface area contributed by atoms with E-state index >= 15 is 0 Å². The lowest BCUT2D eigenvalue weighted by Gasteiger charge is -2.08. The van der Waals surface area contributed by atoms with Gasteiger partial charge in [0.2, 0.25) is 0 Å². The third-order valence-corrected chi connectivity index (χ3v) is 3.43. The van der Waals surface area contributed by atoms with Crippen LogP contribution in [0, 0.1) is 5.92 Å². The van der Waals surface area contributed by atoms with Gasteiger partial charge in [-0.25, -0.2) is 4.98 Å². The molecule has 0 aromatic carbocycles. The van der Waals surface area contributed by atoms with Gasteiger partial charge in [0.05, 0.1) is 12.1 Å². The van der Waals surface area contributed by atoms with Crippen molar-refractivity contribution in [3.05, 3.63) is 29.2 Å². The van der Waals surface area contributed by atoms with Crippen LogP contribution in [0.2, 0.25) is 5.15 Å². The molecule has 0 spiro atoms. The number of aromatic nitrogens is 2. The van der Waals surface area contributed by atoms with Gasteiger partial charge in [-0.15, -0.1) is 0 Å². The standard InChI is InChI=1S/C12H13ClN2O/c13-12-11-9(3-4-14-12)5-10(7-16)15(11)6-8-1-2-8/h3-5,8,16H,1-2,6-7H2. The van der Waals surface area contributed by atoms with Crippen LogP contribution in [-0.4, -0.2) is 14.7 Å². The third kappa shape index (κ3) is 1.60. The summed E-state index contributed by atoms with van der Waals surface area (Å²) < 4.78 is 2.11. The summed E-state index contributed by atoms with van der Waals surface area (Å²) in [5.74, 6) is 0.747. The summed E-state index contributed by atoms with van der Waals surface area (Å²) in [5, 5.41) is 10.9. The number of halogens is 1. The molecule has 0 bridgehead atoms. The van der Waals surface area contributed by atoms with Gasteiger partial charge in [0, 0.05) is 23.8 Å². The normalized spacial score (nSPS) is 15.9. The molecule has 2 aromatic rings. The van der Waals surface area contributed by atoms with Crippen molar-refractivity contribution < 1.29 is 5.11 Å². The molecule has 84 valence electrons. The molecular weight excluding hydrogens is 224 g/mol. The first-order valence-corrected chi connectivity index (χ1v) is 5.91. The molecule has 4 heteroatoms. The summed E-state index contributed by atoms with van der Waals surface area (Å²) >= 11 is 6.12. The van der Waals surface area contributed by atoms with E-state index in [1.165, 1.54) is 12.8 Å². The molecule has 2 aromatic heterocycles. The minimum absolute atomic E-state index is 0.0533. The predicted octanol–water partition coefficient (Wildman–Crippen LogP) is 2.59. The number of rotatable bonds is 3. The van der Waals surface area contributed by atoms with Gasteiger partial charge in [-0.2, -0.15) is 0 Å². The van der Waals surface area contributed by atoms with Gasteiger partial charge in [-0.3, -0.25) is 0 Å². The summed E-state index contributed by atoms with van der Waals surface area (Å²) in [7, 11) is 0. The van der Waals surface area contributed by atoms with Gasteiger partial charge in [0.25, 0.3) is 0 Å². The van der Waals surface area contributed by atoms with Crippen molar-refractivity contribution >= 4 is 22.5 Å². The lowest BCUT2D eigenvalue weighted by Crippen LogP contribution is -2.04. The summed E-state index contributed by atoms with van der Waals surface area (Å²) in [5.41, 5.74) is 1.89. The number of hydrogen-bond acceptors (Lipinski definition) is 2. The van der Waals surface area contributed by atoms with E-state index in [0.29, 0.717) is 5.15 Å². The van der Waals surface area contributed by atoms with E-state index in [1.54, 1.807) is 6.20 Å². The highest BCUT2D eigenvalue weighted by Crippen LogP contribution is 2.34. The van der Waals surface area contributed by atoms with Crippen molar-refractivity contribution in [2.75, 3.05) is 0 Å². The summed E-state index contributed by atoms with van der Waals surface area (Å²) in [6.45, 7) is 1.00. The Balaban J connectivity index is 2.19. The van der Waals surface area contributed by atoms with Crippen LogP contribution in [0.5, 0.6) is 0 Å². The zero-order chi connectivity index (χ0) is 11.1. The summed E-state index contributed by atoms with van der Waals surface area (Å²) in [4.78, 5) is 4.11. The molecule has 1 saturated carbocycles. The van der Waals surface area contributed by atoms with Crippen molar-refractivity contribution in [3.8, 4) is 0 Å². The molecule has 2 heterocycles. The SMILES string of the molecule is OCc1cc2ccnc(Cl)c2n1CC1CC1. The number of nitrogens with zero attached hydrogens (tertiary/aromatic N) is 2. The first kappa shape index (κ1) is 10.1. The zero-order valence-corrected chi connectivity index (χ0v) is 9.61. The summed E-state index contributed by atoms with van der Waals surface area (Å²) in [6.07, 6.45) is 4.26. The van der Waals surface area contributed by atoms with Crippen molar-refractivity contribution in [2.45, 2.75) is 26.0 Å². The maximum Gasteiger partial charge on any atom is 0.153 e. The van der Waals surface area contributed by atoms with E-state index in [-0.39, 0.29) is 6.61 Å². The highest BCUT2D eigenvalue weighted by atomic mass is 35.5. The fourth-order valence-corrected chi connectivity index (χ4v) is 2.39. The van der Waals surface area contributed by atoms with Crippen molar-refractivity contribution in [1.29, 1.82) is 0 Å². The average Bonchev–Trinajstić information content (AvgIpc) is 3.00. The number of hydrogen-bond donors (Lipinski definition) is 1. The molecule has 0 radical (unpaired) electrons. The molecule has 1 N–H and O–H groups in total. The molecule has 0 saturated heterocycles. The Bertz CT molecular complexity index is 531.